The molecule has 0 aliphatic carbocycles. The first-order valence-electron chi connectivity index (χ1n) is 13.4. The molecule has 0 saturated heterocycles. The second kappa shape index (κ2) is 20.9. The van der Waals surface area contributed by atoms with Crippen LogP contribution in [-0.4, -0.2) is 63.8 Å². The van der Waals surface area contributed by atoms with Crippen molar-refractivity contribution in [1.82, 2.24) is 0 Å². The highest BCUT2D eigenvalue weighted by Crippen LogP contribution is 2.32. The third kappa shape index (κ3) is 15.4. The molecule has 0 heterocycles. The van der Waals surface area contributed by atoms with Gasteiger partial charge in [-0.3, -0.25) is 4.79 Å². The lowest BCUT2D eigenvalue weighted by atomic mass is 9.81. The topological polar surface area (TPSA) is 117 Å². The zero-order valence-electron chi connectivity index (χ0n) is 24.7. The lowest BCUT2D eigenvalue weighted by Gasteiger charge is -2.35. The number of carbonyl (C=O) groups is 4. The molecule has 41 heavy (non-hydrogen) atoms. The molecule has 0 aromatic heterocycles. The molecule has 9 nitrogen and oxygen atoms in total. The second-order valence-electron chi connectivity index (χ2n) is 9.42. The van der Waals surface area contributed by atoms with Crippen LogP contribution in [-0.2, 0) is 38.1 Å². The van der Waals surface area contributed by atoms with E-state index in [4.69, 9.17) is 18.9 Å². The molecule has 0 aliphatic rings. The smallest absolute Gasteiger partial charge is 0.330 e. The van der Waals surface area contributed by atoms with Gasteiger partial charge in [0.05, 0.1) is 25.2 Å². The quantitative estimate of drug-likeness (QED) is 0.127. The van der Waals surface area contributed by atoms with Gasteiger partial charge in [-0.2, -0.15) is 0 Å². The fourth-order valence-corrected chi connectivity index (χ4v) is 3.43. The molecule has 0 spiro atoms. The van der Waals surface area contributed by atoms with E-state index in [0.29, 0.717) is 19.3 Å². The highest BCUT2D eigenvalue weighted by atomic mass is 16.6. The van der Waals surface area contributed by atoms with E-state index in [0.717, 1.165) is 23.9 Å². The van der Waals surface area contributed by atoms with E-state index < -0.39 is 28.7 Å². The third-order valence-electron chi connectivity index (χ3n) is 6.57. The molecule has 0 radical (unpaired) electrons. The van der Waals surface area contributed by atoms with Crippen LogP contribution in [0.2, 0.25) is 0 Å². The van der Waals surface area contributed by atoms with Gasteiger partial charge < -0.3 is 24.3 Å². The van der Waals surface area contributed by atoms with Crippen LogP contribution < -0.4 is 5.32 Å². The van der Waals surface area contributed by atoms with Gasteiger partial charge in [-0.05, 0) is 37.5 Å². The van der Waals surface area contributed by atoms with E-state index in [1.807, 2.05) is 51.2 Å². The molecular formula is C32H45NO8. The van der Waals surface area contributed by atoms with Crippen molar-refractivity contribution in [3.8, 4) is 0 Å². The molecule has 1 aromatic carbocycles. The van der Waals surface area contributed by atoms with E-state index in [1.54, 1.807) is 0 Å². The van der Waals surface area contributed by atoms with Gasteiger partial charge in [0.1, 0.15) is 13.2 Å². The highest BCUT2D eigenvalue weighted by Gasteiger charge is 2.36. The van der Waals surface area contributed by atoms with Gasteiger partial charge in [0, 0.05) is 42.8 Å². The maximum atomic E-state index is 11.8. The van der Waals surface area contributed by atoms with Gasteiger partial charge in [0.15, 0.2) is 5.78 Å². The predicted molar refractivity (Wildman–Crippen MR) is 160 cm³/mol. The Hall–Kier alpha value is -3.98. The summed E-state index contributed by atoms with van der Waals surface area (Å²) in [6.45, 7) is 17.6. The van der Waals surface area contributed by atoms with Crippen molar-refractivity contribution in [1.29, 1.82) is 0 Å². The summed E-state index contributed by atoms with van der Waals surface area (Å²) in [6, 6.07) is 10.1. The number of benzene rings is 1. The van der Waals surface area contributed by atoms with Crippen molar-refractivity contribution in [2.75, 3.05) is 45.4 Å². The van der Waals surface area contributed by atoms with Gasteiger partial charge in [-0.25, -0.2) is 14.4 Å². The predicted octanol–water partition coefficient (Wildman–Crippen LogP) is 5.25. The third-order valence-corrected chi connectivity index (χ3v) is 6.57. The number of nitrogens with one attached hydrogen (secondary N) is 1. The lowest BCUT2D eigenvalue weighted by molar-refractivity contribution is -0.154. The summed E-state index contributed by atoms with van der Waals surface area (Å²) in [7, 11) is 1.91. The number of para-hydroxylation sites is 1. The number of ether oxygens (including phenoxy) is 4. The molecule has 0 aliphatic heterocycles. The summed E-state index contributed by atoms with van der Waals surface area (Å²) in [5.41, 5.74) is -0.287. The van der Waals surface area contributed by atoms with Gasteiger partial charge in [-0.1, -0.05) is 58.4 Å². The summed E-state index contributed by atoms with van der Waals surface area (Å²) < 4.78 is 21.7. The molecule has 0 saturated carbocycles. The van der Waals surface area contributed by atoms with Gasteiger partial charge in [0.25, 0.3) is 0 Å². The zero-order valence-corrected chi connectivity index (χ0v) is 24.7. The first-order chi connectivity index (χ1) is 19.6. The molecule has 1 unspecified atom stereocenters. The average molecular weight is 572 g/mol. The highest BCUT2D eigenvalue weighted by molar-refractivity contribution is 5.89. The van der Waals surface area contributed by atoms with Crippen molar-refractivity contribution >= 4 is 29.4 Å². The minimum Gasteiger partial charge on any atom is -0.462 e. The Balaban J connectivity index is 0.00000170. The molecule has 226 valence electrons. The van der Waals surface area contributed by atoms with Crippen LogP contribution in [0.3, 0.4) is 0 Å². The van der Waals surface area contributed by atoms with E-state index >= 15 is 0 Å². The number of ketones is 1. The second-order valence-corrected chi connectivity index (χ2v) is 9.42. The monoisotopic (exact) mass is 571 g/mol. The fraction of sp³-hybridized carbons (Fsp3) is 0.438. The molecule has 0 amide bonds. The van der Waals surface area contributed by atoms with Gasteiger partial charge in [0.2, 0.25) is 0 Å². The maximum Gasteiger partial charge on any atom is 0.330 e. The van der Waals surface area contributed by atoms with Crippen LogP contribution in [0, 0.1) is 10.8 Å². The maximum absolute atomic E-state index is 11.8. The van der Waals surface area contributed by atoms with Crippen LogP contribution in [0.25, 0.3) is 0 Å². The number of hydrogen-bond donors (Lipinski definition) is 1. The first kappa shape index (κ1) is 37.0. The Labute approximate surface area is 244 Å². The molecule has 1 rings (SSSR count). The van der Waals surface area contributed by atoms with Crippen LogP contribution in [0.5, 0.6) is 0 Å². The SMILES string of the molecule is C=CC(=O)CCC(CC)(COCC(CC)(COC(=O)C=C)COC(=O)C=C)COC(=O)C=C.CNc1ccccc1. The number of esters is 3. The van der Waals surface area contributed by atoms with E-state index in [2.05, 4.69) is 31.6 Å². The Morgan fingerprint density at radius 1 is 0.707 bits per heavy atom. The van der Waals surface area contributed by atoms with Crippen molar-refractivity contribution in [3.63, 3.8) is 0 Å². The minimum absolute atomic E-state index is 0.0365. The van der Waals surface area contributed by atoms with Crippen LogP contribution >= 0.6 is 0 Å². The Morgan fingerprint density at radius 3 is 1.51 bits per heavy atom. The van der Waals surface area contributed by atoms with Crippen LogP contribution in [0.15, 0.2) is 81.0 Å². The normalized spacial score (nSPS) is 11.8. The summed E-state index contributed by atoms with van der Waals surface area (Å²) in [4.78, 5) is 46.6. The largest absolute Gasteiger partial charge is 0.462 e. The molecule has 1 aromatic rings. The summed E-state index contributed by atoms with van der Waals surface area (Å²) in [6.07, 6.45) is 6.09. The number of anilines is 1. The fourth-order valence-electron chi connectivity index (χ4n) is 3.43. The molecule has 1 N–H and O–H groups in total. The Kier molecular flexibility index (Phi) is 18.8. The van der Waals surface area contributed by atoms with E-state index in [9.17, 15) is 19.2 Å². The van der Waals surface area contributed by atoms with Crippen molar-refractivity contribution < 1.29 is 38.1 Å². The summed E-state index contributed by atoms with van der Waals surface area (Å²) in [5.74, 6) is -1.91. The number of rotatable bonds is 20. The molecule has 0 fully saturated rings. The summed E-state index contributed by atoms with van der Waals surface area (Å²) >= 11 is 0. The molecule has 1 atom stereocenters. The van der Waals surface area contributed by atoms with Crippen molar-refractivity contribution in [2.45, 2.75) is 39.5 Å². The van der Waals surface area contributed by atoms with Crippen molar-refractivity contribution in [3.05, 3.63) is 81.0 Å². The summed E-state index contributed by atoms with van der Waals surface area (Å²) in [5, 5.41) is 3.03. The van der Waals surface area contributed by atoms with E-state index in [-0.39, 0.29) is 45.2 Å². The standard InChI is InChI=1S/C25H36O8.C7H9N/c1-7-20(26)13-14-24(11-5,17-31-21(27)8-2)15-30-16-25(12-6,18-32-22(28)9-3)19-33-23(29)10-4;1-8-7-5-3-2-4-6-7/h7-10H,1-4,11-19H2,5-6H3;2-6,8H,1H3. The van der Waals surface area contributed by atoms with Crippen LogP contribution in [0.4, 0.5) is 5.69 Å². The Morgan fingerprint density at radius 2 is 1.15 bits per heavy atom. The lowest BCUT2D eigenvalue weighted by Crippen LogP contribution is -2.40. The molecular weight excluding hydrogens is 526 g/mol. The van der Waals surface area contributed by atoms with Crippen molar-refractivity contribution in [2.24, 2.45) is 10.8 Å². The average Bonchev–Trinajstić information content (AvgIpc) is 3.03. The molecule has 9 heteroatoms. The number of hydrogen-bond acceptors (Lipinski definition) is 9. The number of allylic oxidation sites excluding steroid dienone is 1. The zero-order chi connectivity index (χ0) is 31.2. The van der Waals surface area contributed by atoms with Gasteiger partial charge in [-0.15, -0.1) is 0 Å². The Bertz CT molecular complexity index is 894. The van der Waals surface area contributed by atoms with E-state index in [1.165, 1.54) is 6.08 Å². The number of carbonyl (C=O) groups excluding carboxylic acids is 4. The first-order valence-corrected chi connectivity index (χ1v) is 13.4. The van der Waals surface area contributed by atoms with Gasteiger partial charge >= 0.3 is 17.9 Å². The van der Waals surface area contributed by atoms with Crippen LogP contribution in [0.1, 0.15) is 39.5 Å². The molecule has 0 bridgehead atoms. The minimum atomic E-state index is -0.814.